The third-order valence-electron chi connectivity index (χ3n) is 4.91. The number of pyridine rings is 1. The summed E-state index contributed by atoms with van der Waals surface area (Å²) in [5.41, 5.74) is 4.04. The first-order valence-corrected chi connectivity index (χ1v) is 9.26. The molecule has 142 valence electrons. The van der Waals surface area contributed by atoms with Gasteiger partial charge in [-0.2, -0.15) is 5.26 Å². The van der Waals surface area contributed by atoms with Crippen molar-refractivity contribution in [1.29, 1.82) is 5.26 Å². The zero-order chi connectivity index (χ0) is 20.2. The van der Waals surface area contributed by atoms with Crippen molar-refractivity contribution in [3.8, 4) is 6.07 Å². The Labute approximate surface area is 168 Å². The standard InChI is InChI=1S/C23H18N4O2/c24-12-16-4-3-7-21(10-16)26-22(28)19-11-20(14-25-13-19)23(29)27-9-8-17-5-1-2-6-18(17)15-27/h1-7,10-11,13-14H,8-9,15H2,(H,26,28). The molecule has 1 aromatic heterocycles. The van der Waals surface area contributed by atoms with Gasteiger partial charge >= 0.3 is 0 Å². The van der Waals surface area contributed by atoms with E-state index >= 15 is 0 Å². The van der Waals surface area contributed by atoms with Gasteiger partial charge in [-0.15, -0.1) is 0 Å². The Bertz CT molecular complexity index is 1130. The number of carbonyl (C=O) groups excluding carboxylic acids is 2. The van der Waals surface area contributed by atoms with Crippen LogP contribution >= 0.6 is 0 Å². The average molecular weight is 382 g/mol. The number of hydrogen-bond acceptors (Lipinski definition) is 4. The molecule has 0 radical (unpaired) electrons. The van der Waals surface area contributed by atoms with Crippen LogP contribution < -0.4 is 5.32 Å². The highest BCUT2D eigenvalue weighted by atomic mass is 16.2. The highest BCUT2D eigenvalue weighted by Crippen LogP contribution is 2.20. The summed E-state index contributed by atoms with van der Waals surface area (Å²) in [4.78, 5) is 31.4. The van der Waals surface area contributed by atoms with Gasteiger partial charge in [-0.3, -0.25) is 14.6 Å². The van der Waals surface area contributed by atoms with Gasteiger partial charge in [0.2, 0.25) is 0 Å². The van der Waals surface area contributed by atoms with Gasteiger partial charge in [0.1, 0.15) is 0 Å². The number of fused-ring (bicyclic) bond motifs is 1. The number of nitrogens with zero attached hydrogens (tertiary/aromatic N) is 3. The number of hydrogen-bond donors (Lipinski definition) is 1. The van der Waals surface area contributed by atoms with Gasteiger partial charge < -0.3 is 10.2 Å². The lowest BCUT2D eigenvalue weighted by Gasteiger charge is -2.28. The molecule has 6 heteroatoms. The van der Waals surface area contributed by atoms with Crippen LogP contribution in [0.25, 0.3) is 0 Å². The van der Waals surface area contributed by atoms with Crippen LogP contribution in [0.5, 0.6) is 0 Å². The van der Waals surface area contributed by atoms with Gasteiger partial charge in [-0.05, 0) is 41.8 Å². The van der Waals surface area contributed by atoms with Gasteiger partial charge in [-0.25, -0.2) is 0 Å². The predicted octanol–water partition coefficient (Wildman–Crippen LogP) is 3.40. The molecule has 0 spiro atoms. The number of amides is 2. The van der Waals surface area contributed by atoms with Crippen LogP contribution in [-0.2, 0) is 13.0 Å². The fourth-order valence-electron chi connectivity index (χ4n) is 3.40. The van der Waals surface area contributed by atoms with Gasteiger partial charge in [0, 0.05) is 31.2 Å². The Morgan fingerprint density at radius 1 is 1.00 bits per heavy atom. The Morgan fingerprint density at radius 2 is 1.79 bits per heavy atom. The normalized spacial score (nSPS) is 12.6. The highest BCUT2D eigenvalue weighted by Gasteiger charge is 2.22. The number of nitrogens with one attached hydrogen (secondary N) is 1. The molecule has 6 nitrogen and oxygen atoms in total. The van der Waals surface area contributed by atoms with Crippen LogP contribution in [0.3, 0.4) is 0 Å². The molecule has 29 heavy (non-hydrogen) atoms. The Morgan fingerprint density at radius 3 is 2.62 bits per heavy atom. The molecule has 1 N–H and O–H groups in total. The first-order chi connectivity index (χ1) is 14.1. The number of benzene rings is 2. The van der Waals surface area contributed by atoms with Crippen LogP contribution in [-0.4, -0.2) is 28.2 Å². The van der Waals surface area contributed by atoms with Gasteiger partial charge in [0.25, 0.3) is 11.8 Å². The first-order valence-electron chi connectivity index (χ1n) is 9.26. The maximum absolute atomic E-state index is 12.9. The van der Waals surface area contributed by atoms with Gasteiger partial charge in [0.15, 0.2) is 0 Å². The fourth-order valence-corrected chi connectivity index (χ4v) is 3.40. The molecule has 3 aromatic rings. The minimum absolute atomic E-state index is 0.145. The number of nitriles is 1. The third-order valence-corrected chi connectivity index (χ3v) is 4.91. The smallest absolute Gasteiger partial charge is 0.257 e. The maximum atomic E-state index is 12.9. The Kier molecular flexibility index (Phi) is 5.04. The van der Waals surface area contributed by atoms with Crippen LogP contribution in [0.4, 0.5) is 5.69 Å². The summed E-state index contributed by atoms with van der Waals surface area (Å²) >= 11 is 0. The average Bonchev–Trinajstić information content (AvgIpc) is 2.78. The maximum Gasteiger partial charge on any atom is 0.257 e. The summed E-state index contributed by atoms with van der Waals surface area (Å²) in [6.07, 6.45) is 3.71. The molecule has 0 saturated heterocycles. The van der Waals surface area contributed by atoms with Crippen molar-refractivity contribution in [2.45, 2.75) is 13.0 Å². The number of rotatable bonds is 3. The minimum Gasteiger partial charge on any atom is -0.334 e. The van der Waals surface area contributed by atoms with E-state index in [4.69, 9.17) is 5.26 Å². The molecule has 0 aliphatic carbocycles. The van der Waals surface area contributed by atoms with E-state index in [1.54, 1.807) is 35.2 Å². The zero-order valence-electron chi connectivity index (χ0n) is 15.6. The molecule has 1 aliphatic rings. The lowest BCUT2D eigenvalue weighted by molar-refractivity contribution is 0.0734. The van der Waals surface area contributed by atoms with Crippen molar-refractivity contribution in [3.05, 3.63) is 94.8 Å². The van der Waals surface area contributed by atoms with E-state index in [-0.39, 0.29) is 17.4 Å². The molecular formula is C23H18N4O2. The molecule has 4 rings (SSSR count). The van der Waals surface area contributed by atoms with E-state index in [2.05, 4.69) is 16.4 Å². The SMILES string of the molecule is N#Cc1cccc(NC(=O)c2cncc(C(=O)N3CCc4ccccc4C3)c2)c1. The zero-order valence-corrected chi connectivity index (χ0v) is 15.6. The van der Waals surface area contributed by atoms with Crippen LogP contribution in [0.1, 0.15) is 37.4 Å². The van der Waals surface area contributed by atoms with E-state index in [0.717, 1.165) is 12.0 Å². The predicted molar refractivity (Wildman–Crippen MR) is 108 cm³/mol. The van der Waals surface area contributed by atoms with Crippen molar-refractivity contribution in [2.75, 3.05) is 11.9 Å². The molecule has 0 fully saturated rings. The second kappa shape index (κ2) is 7.95. The number of anilines is 1. The number of aromatic nitrogens is 1. The molecule has 0 bridgehead atoms. The molecular weight excluding hydrogens is 364 g/mol. The second-order valence-corrected chi connectivity index (χ2v) is 6.85. The summed E-state index contributed by atoms with van der Waals surface area (Å²) < 4.78 is 0. The van der Waals surface area contributed by atoms with Crippen molar-refractivity contribution in [3.63, 3.8) is 0 Å². The van der Waals surface area contributed by atoms with Crippen molar-refractivity contribution in [1.82, 2.24) is 9.88 Å². The molecule has 2 heterocycles. The second-order valence-electron chi connectivity index (χ2n) is 6.85. The van der Waals surface area contributed by atoms with Gasteiger partial charge in [0.05, 0.1) is 22.8 Å². The summed E-state index contributed by atoms with van der Waals surface area (Å²) in [5, 5.41) is 11.7. The van der Waals surface area contributed by atoms with E-state index < -0.39 is 0 Å². The largest absolute Gasteiger partial charge is 0.334 e. The topological polar surface area (TPSA) is 86.1 Å². The van der Waals surface area contributed by atoms with E-state index in [0.29, 0.717) is 29.9 Å². The summed E-state index contributed by atoms with van der Waals surface area (Å²) in [5.74, 6) is -0.528. The lowest BCUT2D eigenvalue weighted by Crippen LogP contribution is -2.36. The molecule has 1 aliphatic heterocycles. The summed E-state index contributed by atoms with van der Waals surface area (Å²) in [6.45, 7) is 1.18. The van der Waals surface area contributed by atoms with Crippen molar-refractivity contribution in [2.24, 2.45) is 0 Å². The molecule has 2 amide bonds. The fraction of sp³-hybridized carbons (Fsp3) is 0.130. The highest BCUT2D eigenvalue weighted by molar-refractivity contribution is 6.05. The summed E-state index contributed by atoms with van der Waals surface area (Å²) in [6, 6.07) is 18.3. The molecule has 2 aromatic carbocycles. The molecule has 0 atom stereocenters. The lowest BCUT2D eigenvalue weighted by atomic mass is 9.99. The quantitative estimate of drug-likeness (QED) is 0.752. The Hall–Kier alpha value is -3.98. The van der Waals surface area contributed by atoms with Crippen LogP contribution in [0, 0.1) is 11.3 Å². The molecule has 0 unspecified atom stereocenters. The van der Waals surface area contributed by atoms with Crippen molar-refractivity contribution < 1.29 is 9.59 Å². The van der Waals surface area contributed by atoms with Crippen LogP contribution in [0.15, 0.2) is 67.0 Å². The van der Waals surface area contributed by atoms with E-state index in [1.807, 2.05) is 24.3 Å². The van der Waals surface area contributed by atoms with E-state index in [9.17, 15) is 9.59 Å². The first kappa shape index (κ1) is 18.4. The summed E-state index contributed by atoms with van der Waals surface area (Å²) in [7, 11) is 0. The van der Waals surface area contributed by atoms with Gasteiger partial charge in [-0.1, -0.05) is 30.3 Å². The van der Waals surface area contributed by atoms with Crippen LogP contribution in [0.2, 0.25) is 0 Å². The molecule has 0 saturated carbocycles. The third kappa shape index (κ3) is 3.99. The minimum atomic E-state index is -0.383. The van der Waals surface area contributed by atoms with E-state index in [1.165, 1.54) is 18.0 Å². The Balaban J connectivity index is 1.50. The monoisotopic (exact) mass is 382 g/mol. The van der Waals surface area contributed by atoms with Crippen molar-refractivity contribution >= 4 is 17.5 Å². The number of carbonyl (C=O) groups is 2.